The second-order valence-corrected chi connectivity index (χ2v) is 5.25. The van der Waals surface area contributed by atoms with Crippen LogP contribution in [0.2, 0.25) is 0 Å². The molecule has 1 aliphatic rings. The molecule has 0 aliphatic carbocycles. The fourth-order valence-electron chi connectivity index (χ4n) is 2.59. The lowest BCUT2D eigenvalue weighted by Crippen LogP contribution is -2.31. The molecule has 1 saturated heterocycles. The lowest BCUT2D eigenvalue weighted by molar-refractivity contribution is 0.129. The van der Waals surface area contributed by atoms with Crippen LogP contribution in [0.1, 0.15) is 24.0 Å². The van der Waals surface area contributed by atoms with Crippen LogP contribution in [-0.2, 0) is 11.4 Å². The van der Waals surface area contributed by atoms with Gasteiger partial charge in [0.05, 0.1) is 6.04 Å². The maximum atomic E-state index is 5.60. The predicted molar refractivity (Wildman–Crippen MR) is 85.2 cm³/mol. The van der Waals surface area contributed by atoms with E-state index >= 15 is 0 Å². The summed E-state index contributed by atoms with van der Waals surface area (Å²) >= 11 is 0. The monoisotopic (exact) mass is 280 g/mol. The van der Waals surface area contributed by atoms with Gasteiger partial charge in [-0.05, 0) is 24.9 Å². The molecule has 3 heteroatoms. The van der Waals surface area contributed by atoms with Gasteiger partial charge in [-0.15, -0.1) is 0 Å². The first-order valence-corrected chi connectivity index (χ1v) is 7.46. The van der Waals surface area contributed by atoms with Crippen molar-refractivity contribution in [3.05, 3.63) is 71.8 Å². The van der Waals surface area contributed by atoms with E-state index in [0.717, 1.165) is 29.8 Å². The van der Waals surface area contributed by atoms with Crippen LogP contribution in [0.3, 0.4) is 0 Å². The summed E-state index contributed by atoms with van der Waals surface area (Å²) < 4.78 is 0. The molecule has 0 amide bonds. The highest BCUT2D eigenvalue weighted by atomic mass is 16.6. The SMILES string of the molecule is c1ccc(CO/N=C(/c2ccccc2)C2CCCN2)cc1. The van der Waals surface area contributed by atoms with E-state index in [0.29, 0.717) is 12.6 Å². The first kappa shape index (κ1) is 13.8. The predicted octanol–water partition coefficient (Wildman–Crippen LogP) is 3.36. The highest BCUT2D eigenvalue weighted by Crippen LogP contribution is 2.14. The minimum absolute atomic E-state index is 0.295. The molecule has 1 fully saturated rings. The van der Waals surface area contributed by atoms with Gasteiger partial charge in [-0.2, -0.15) is 0 Å². The summed E-state index contributed by atoms with van der Waals surface area (Å²) in [6, 6.07) is 20.7. The summed E-state index contributed by atoms with van der Waals surface area (Å²) in [5.41, 5.74) is 3.27. The number of rotatable bonds is 5. The standard InChI is InChI=1S/C18H20N2O/c1-3-8-15(9-4-1)14-21-20-18(17-12-7-13-19-17)16-10-5-2-6-11-16/h1-6,8-11,17,19H,7,12-14H2/b20-18-. The van der Waals surface area contributed by atoms with Gasteiger partial charge in [0.1, 0.15) is 12.3 Å². The molecule has 2 aromatic carbocycles. The molecule has 0 saturated carbocycles. The third-order valence-corrected chi connectivity index (χ3v) is 3.70. The van der Waals surface area contributed by atoms with Crippen LogP contribution < -0.4 is 5.32 Å². The molecule has 0 aromatic heterocycles. The summed E-state index contributed by atoms with van der Waals surface area (Å²) in [5.74, 6) is 0. The van der Waals surface area contributed by atoms with E-state index < -0.39 is 0 Å². The lowest BCUT2D eigenvalue weighted by Gasteiger charge is -2.14. The van der Waals surface area contributed by atoms with Crippen molar-refractivity contribution in [3.8, 4) is 0 Å². The topological polar surface area (TPSA) is 33.6 Å². The van der Waals surface area contributed by atoms with Crippen molar-refractivity contribution in [2.45, 2.75) is 25.5 Å². The maximum absolute atomic E-state index is 5.60. The van der Waals surface area contributed by atoms with Gasteiger partial charge in [-0.25, -0.2) is 0 Å². The Kier molecular flexibility index (Phi) is 4.64. The average molecular weight is 280 g/mol. The Bertz CT molecular complexity index is 575. The van der Waals surface area contributed by atoms with Crippen LogP contribution in [0.25, 0.3) is 0 Å². The van der Waals surface area contributed by atoms with E-state index in [1.165, 1.54) is 6.42 Å². The van der Waals surface area contributed by atoms with Crippen molar-refractivity contribution < 1.29 is 4.84 Å². The zero-order chi connectivity index (χ0) is 14.3. The van der Waals surface area contributed by atoms with Crippen molar-refractivity contribution in [2.75, 3.05) is 6.54 Å². The zero-order valence-electron chi connectivity index (χ0n) is 12.0. The van der Waals surface area contributed by atoms with Gasteiger partial charge in [-0.3, -0.25) is 0 Å². The molecule has 0 radical (unpaired) electrons. The molecule has 1 atom stereocenters. The van der Waals surface area contributed by atoms with Crippen molar-refractivity contribution in [3.63, 3.8) is 0 Å². The van der Waals surface area contributed by atoms with E-state index in [1.54, 1.807) is 0 Å². The second kappa shape index (κ2) is 7.04. The molecule has 1 aliphatic heterocycles. The number of benzene rings is 2. The average Bonchev–Trinajstić information content (AvgIpc) is 3.07. The maximum Gasteiger partial charge on any atom is 0.142 e. The number of oxime groups is 1. The Labute approximate surface area is 125 Å². The van der Waals surface area contributed by atoms with Crippen LogP contribution in [0.15, 0.2) is 65.8 Å². The molecule has 3 nitrogen and oxygen atoms in total. The Morgan fingerprint density at radius 2 is 1.76 bits per heavy atom. The van der Waals surface area contributed by atoms with Gasteiger partial charge in [0.2, 0.25) is 0 Å². The lowest BCUT2D eigenvalue weighted by atomic mass is 10.0. The summed E-state index contributed by atoms with van der Waals surface area (Å²) in [6.07, 6.45) is 2.30. The Balaban J connectivity index is 1.73. The van der Waals surface area contributed by atoms with Crippen LogP contribution in [0.4, 0.5) is 0 Å². The van der Waals surface area contributed by atoms with Gasteiger partial charge >= 0.3 is 0 Å². The van der Waals surface area contributed by atoms with E-state index in [9.17, 15) is 0 Å². The van der Waals surface area contributed by atoms with Crippen molar-refractivity contribution in [2.24, 2.45) is 5.16 Å². The molecule has 21 heavy (non-hydrogen) atoms. The minimum Gasteiger partial charge on any atom is -0.391 e. The fraction of sp³-hybridized carbons (Fsp3) is 0.278. The smallest absolute Gasteiger partial charge is 0.142 e. The van der Waals surface area contributed by atoms with Crippen LogP contribution in [-0.4, -0.2) is 18.3 Å². The van der Waals surface area contributed by atoms with Gasteiger partial charge < -0.3 is 10.2 Å². The Morgan fingerprint density at radius 3 is 2.43 bits per heavy atom. The van der Waals surface area contributed by atoms with Gasteiger partial charge in [-0.1, -0.05) is 65.8 Å². The van der Waals surface area contributed by atoms with Gasteiger partial charge in [0, 0.05) is 5.56 Å². The number of nitrogens with one attached hydrogen (secondary N) is 1. The molecule has 3 rings (SSSR count). The van der Waals surface area contributed by atoms with Crippen molar-refractivity contribution in [1.82, 2.24) is 5.32 Å². The minimum atomic E-state index is 0.295. The largest absolute Gasteiger partial charge is 0.391 e. The van der Waals surface area contributed by atoms with Gasteiger partial charge in [0.25, 0.3) is 0 Å². The molecule has 2 aromatic rings. The highest BCUT2D eigenvalue weighted by Gasteiger charge is 2.22. The first-order valence-electron chi connectivity index (χ1n) is 7.46. The van der Waals surface area contributed by atoms with Crippen molar-refractivity contribution in [1.29, 1.82) is 0 Å². The third-order valence-electron chi connectivity index (χ3n) is 3.70. The summed E-state index contributed by atoms with van der Waals surface area (Å²) in [5, 5.41) is 7.92. The molecule has 108 valence electrons. The van der Waals surface area contributed by atoms with Crippen molar-refractivity contribution >= 4 is 5.71 Å². The van der Waals surface area contributed by atoms with Crippen LogP contribution in [0, 0.1) is 0 Å². The molecular weight excluding hydrogens is 260 g/mol. The summed E-state index contributed by atoms with van der Waals surface area (Å²) in [4.78, 5) is 5.60. The van der Waals surface area contributed by atoms with Crippen LogP contribution >= 0.6 is 0 Å². The van der Waals surface area contributed by atoms with Crippen LogP contribution in [0.5, 0.6) is 0 Å². The molecule has 1 unspecified atom stereocenters. The van der Waals surface area contributed by atoms with E-state index in [1.807, 2.05) is 48.5 Å². The molecule has 0 bridgehead atoms. The summed E-state index contributed by atoms with van der Waals surface area (Å²) in [7, 11) is 0. The van der Waals surface area contributed by atoms with Gasteiger partial charge in [0.15, 0.2) is 0 Å². The van der Waals surface area contributed by atoms with E-state index in [2.05, 4.69) is 22.6 Å². The van der Waals surface area contributed by atoms with E-state index in [4.69, 9.17) is 4.84 Å². The Hall–Kier alpha value is -2.13. The zero-order valence-corrected chi connectivity index (χ0v) is 12.0. The number of hydrogen-bond acceptors (Lipinski definition) is 3. The Morgan fingerprint density at radius 1 is 1.05 bits per heavy atom. The van der Waals surface area contributed by atoms with E-state index in [-0.39, 0.29) is 0 Å². The second-order valence-electron chi connectivity index (χ2n) is 5.25. The quantitative estimate of drug-likeness (QED) is 0.673. The molecular formula is C18H20N2O. The fourth-order valence-corrected chi connectivity index (χ4v) is 2.59. The highest BCUT2D eigenvalue weighted by molar-refractivity contribution is 6.04. The molecule has 1 N–H and O–H groups in total. The molecule has 0 spiro atoms. The first-order chi connectivity index (χ1) is 10.4. The number of nitrogens with zero attached hydrogens (tertiary/aromatic N) is 1. The normalized spacial score (nSPS) is 18.7. The third kappa shape index (κ3) is 3.70. The summed E-state index contributed by atoms with van der Waals surface area (Å²) in [6.45, 7) is 1.55. The molecule has 1 heterocycles. The number of hydrogen-bond donors (Lipinski definition) is 1.